The molecule has 1 fully saturated rings. The van der Waals surface area contributed by atoms with Crippen LogP contribution in [0.2, 0.25) is 0 Å². The Morgan fingerprint density at radius 3 is 2.33 bits per heavy atom. The van der Waals surface area contributed by atoms with Gasteiger partial charge >= 0.3 is 6.09 Å². The van der Waals surface area contributed by atoms with Crippen LogP contribution in [-0.4, -0.2) is 47.2 Å². The van der Waals surface area contributed by atoms with Crippen molar-refractivity contribution < 1.29 is 9.90 Å². The number of nitrogens with zero attached hydrogens (tertiary/aromatic N) is 2. The largest absolute Gasteiger partial charge is 0.465 e. The van der Waals surface area contributed by atoms with E-state index < -0.39 is 6.09 Å². The van der Waals surface area contributed by atoms with Crippen molar-refractivity contribution in [2.75, 3.05) is 20.1 Å². The second kappa shape index (κ2) is 6.94. The van der Waals surface area contributed by atoms with Gasteiger partial charge in [-0.3, -0.25) is 4.90 Å². The van der Waals surface area contributed by atoms with Crippen LogP contribution >= 0.6 is 0 Å². The van der Waals surface area contributed by atoms with Gasteiger partial charge in [-0.15, -0.1) is 0 Å². The Labute approximate surface area is 127 Å². The van der Waals surface area contributed by atoms with E-state index in [9.17, 15) is 4.79 Å². The number of likely N-dealkylation sites (tertiary alicyclic amines) is 1. The van der Waals surface area contributed by atoms with Gasteiger partial charge in [0.05, 0.1) is 0 Å². The highest BCUT2D eigenvalue weighted by molar-refractivity contribution is 5.64. The lowest BCUT2D eigenvalue weighted by Gasteiger charge is -2.35. The first-order valence-electron chi connectivity index (χ1n) is 7.74. The van der Waals surface area contributed by atoms with E-state index in [0.29, 0.717) is 5.92 Å². The molecule has 0 spiro atoms. The number of carbonyl (C=O) groups is 1. The molecule has 1 saturated heterocycles. The molecular weight excluding hydrogens is 264 g/mol. The third-order valence-corrected chi connectivity index (χ3v) is 4.46. The SMILES string of the molecule is CC(C)c1ccc(CN2CCC(N(C)C(=O)O)CC2)cc1. The van der Waals surface area contributed by atoms with Crippen molar-refractivity contribution in [3.63, 3.8) is 0 Å². The number of piperidine rings is 1. The average molecular weight is 290 g/mol. The Morgan fingerprint density at radius 1 is 1.29 bits per heavy atom. The quantitative estimate of drug-likeness (QED) is 0.924. The number of hydrogen-bond acceptors (Lipinski definition) is 2. The lowest BCUT2D eigenvalue weighted by atomic mass is 10.0. The highest BCUT2D eigenvalue weighted by Crippen LogP contribution is 2.19. The zero-order valence-electron chi connectivity index (χ0n) is 13.2. The summed E-state index contributed by atoms with van der Waals surface area (Å²) in [5.41, 5.74) is 2.71. The molecule has 0 saturated carbocycles. The lowest BCUT2D eigenvalue weighted by Crippen LogP contribution is -2.44. The first kappa shape index (κ1) is 15.8. The number of amides is 1. The van der Waals surface area contributed by atoms with E-state index in [4.69, 9.17) is 5.11 Å². The van der Waals surface area contributed by atoms with Gasteiger partial charge in [0.1, 0.15) is 0 Å². The maximum absolute atomic E-state index is 11.0. The third kappa shape index (κ3) is 4.21. The van der Waals surface area contributed by atoms with Gasteiger partial charge in [-0.1, -0.05) is 38.1 Å². The number of hydrogen-bond donors (Lipinski definition) is 1. The standard InChI is InChI=1S/C17H26N2O2/c1-13(2)15-6-4-14(5-7-15)12-19-10-8-16(9-11-19)18(3)17(20)21/h4-7,13,16H,8-12H2,1-3H3,(H,20,21). The number of carboxylic acid groups (broad SMARTS) is 1. The Balaban J connectivity index is 1.84. The van der Waals surface area contributed by atoms with Crippen LogP contribution in [0.5, 0.6) is 0 Å². The summed E-state index contributed by atoms with van der Waals surface area (Å²) in [6.07, 6.45) is 1.03. The van der Waals surface area contributed by atoms with E-state index in [-0.39, 0.29) is 6.04 Å². The molecule has 0 radical (unpaired) electrons. The zero-order valence-corrected chi connectivity index (χ0v) is 13.2. The normalized spacial score (nSPS) is 17.1. The average Bonchev–Trinajstić information content (AvgIpc) is 2.47. The third-order valence-electron chi connectivity index (χ3n) is 4.46. The van der Waals surface area contributed by atoms with E-state index in [1.807, 2.05) is 0 Å². The molecule has 1 N–H and O–H groups in total. The van der Waals surface area contributed by atoms with Crippen molar-refractivity contribution in [3.8, 4) is 0 Å². The van der Waals surface area contributed by atoms with Gasteiger partial charge in [0.15, 0.2) is 0 Å². The second-order valence-corrected chi connectivity index (χ2v) is 6.30. The maximum atomic E-state index is 11.0. The fourth-order valence-electron chi connectivity index (χ4n) is 2.89. The summed E-state index contributed by atoms with van der Waals surface area (Å²) >= 11 is 0. The van der Waals surface area contributed by atoms with Gasteiger partial charge < -0.3 is 10.0 Å². The van der Waals surface area contributed by atoms with Crippen LogP contribution in [0.15, 0.2) is 24.3 Å². The molecule has 0 bridgehead atoms. The molecule has 0 unspecified atom stereocenters. The molecule has 4 heteroatoms. The maximum Gasteiger partial charge on any atom is 0.407 e. The molecule has 0 aliphatic carbocycles. The monoisotopic (exact) mass is 290 g/mol. The molecule has 1 heterocycles. The van der Waals surface area contributed by atoms with Crippen molar-refractivity contribution in [2.45, 2.75) is 45.2 Å². The minimum Gasteiger partial charge on any atom is -0.465 e. The van der Waals surface area contributed by atoms with Crippen LogP contribution in [0.4, 0.5) is 4.79 Å². The predicted molar refractivity (Wildman–Crippen MR) is 84.6 cm³/mol. The van der Waals surface area contributed by atoms with Crippen molar-refractivity contribution in [3.05, 3.63) is 35.4 Å². The van der Waals surface area contributed by atoms with Gasteiger partial charge in [-0.2, -0.15) is 0 Å². The molecule has 21 heavy (non-hydrogen) atoms. The first-order valence-corrected chi connectivity index (χ1v) is 7.74. The fraction of sp³-hybridized carbons (Fsp3) is 0.588. The Kier molecular flexibility index (Phi) is 5.23. The van der Waals surface area contributed by atoms with E-state index in [1.165, 1.54) is 16.0 Å². The summed E-state index contributed by atoms with van der Waals surface area (Å²) < 4.78 is 0. The summed E-state index contributed by atoms with van der Waals surface area (Å²) in [5.74, 6) is 0.571. The Bertz CT molecular complexity index is 462. The fourth-order valence-corrected chi connectivity index (χ4v) is 2.89. The van der Waals surface area contributed by atoms with Crippen LogP contribution in [-0.2, 0) is 6.54 Å². The molecule has 1 amide bonds. The Morgan fingerprint density at radius 2 is 1.86 bits per heavy atom. The van der Waals surface area contributed by atoms with E-state index in [1.54, 1.807) is 7.05 Å². The minimum absolute atomic E-state index is 0.169. The zero-order chi connectivity index (χ0) is 15.4. The van der Waals surface area contributed by atoms with E-state index in [0.717, 1.165) is 32.5 Å². The van der Waals surface area contributed by atoms with E-state index >= 15 is 0 Å². The summed E-state index contributed by atoms with van der Waals surface area (Å²) in [5, 5.41) is 9.02. The highest BCUT2D eigenvalue weighted by Gasteiger charge is 2.24. The van der Waals surface area contributed by atoms with Gasteiger partial charge in [-0.05, 0) is 29.9 Å². The van der Waals surface area contributed by atoms with Crippen molar-refractivity contribution in [1.82, 2.24) is 9.80 Å². The summed E-state index contributed by atoms with van der Waals surface area (Å²) in [4.78, 5) is 14.8. The van der Waals surface area contributed by atoms with Crippen LogP contribution in [0.25, 0.3) is 0 Å². The topological polar surface area (TPSA) is 43.8 Å². The summed E-state index contributed by atoms with van der Waals surface area (Å²) in [6, 6.07) is 9.02. The number of benzene rings is 1. The molecule has 116 valence electrons. The molecule has 0 aromatic heterocycles. The van der Waals surface area contributed by atoms with Gasteiger partial charge in [-0.25, -0.2) is 4.79 Å². The molecular formula is C17H26N2O2. The van der Waals surface area contributed by atoms with Crippen LogP contribution in [0, 0.1) is 0 Å². The molecule has 1 aliphatic heterocycles. The highest BCUT2D eigenvalue weighted by atomic mass is 16.4. The van der Waals surface area contributed by atoms with Crippen LogP contribution in [0.3, 0.4) is 0 Å². The minimum atomic E-state index is -0.822. The lowest BCUT2D eigenvalue weighted by molar-refractivity contribution is 0.103. The van der Waals surface area contributed by atoms with Crippen molar-refractivity contribution in [1.29, 1.82) is 0 Å². The van der Waals surface area contributed by atoms with Crippen molar-refractivity contribution >= 4 is 6.09 Å². The van der Waals surface area contributed by atoms with Gasteiger partial charge in [0.2, 0.25) is 0 Å². The molecule has 2 rings (SSSR count). The summed E-state index contributed by atoms with van der Waals surface area (Å²) in [6.45, 7) is 7.31. The van der Waals surface area contributed by atoms with Crippen LogP contribution < -0.4 is 0 Å². The Hall–Kier alpha value is -1.55. The van der Waals surface area contributed by atoms with E-state index in [2.05, 4.69) is 43.0 Å². The second-order valence-electron chi connectivity index (χ2n) is 6.30. The molecule has 4 nitrogen and oxygen atoms in total. The predicted octanol–water partition coefficient (Wildman–Crippen LogP) is 3.38. The van der Waals surface area contributed by atoms with Crippen molar-refractivity contribution in [2.24, 2.45) is 0 Å². The van der Waals surface area contributed by atoms with Crippen LogP contribution in [0.1, 0.15) is 43.7 Å². The molecule has 0 atom stereocenters. The number of rotatable bonds is 4. The molecule has 1 aliphatic rings. The summed E-state index contributed by atoms with van der Waals surface area (Å²) in [7, 11) is 1.67. The first-order chi connectivity index (χ1) is 9.97. The smallest absolute Gasteiger partial charge is 0.407 e. The van der Waals surface area contributed by atoms with Gasteiger partial charge in [0.25, 0.3) is 0 Å². The molecule has 1 aromatic carbocycles. The molecule has 1 aromatic rings. The van der Waals surface area contributed by atoms with Gasteiger partial charge in [0, 0.05) is 32.7 Å².